The number of halogens is 3. The van der Waals surface area contributed by atoms with E-state index in [0.29, 0.717) is 12.1 Å². The van der Waals surface area contributed by atoms with Crippen LogP contribution in [-0.2, 0) is 4.79 Å². The zero-order valence-corrected chi connectivity index (χ0v) is 17.7. The first-order valence-electron chi connectivity index (χ1n) is 8.31. The molecule has 1 amide bonds. The molecule has 27 heavy (non-hydrogen) atoms. The molecule has 0 saturated heterocycles. The minimum absolute atomic E-state index is 0.0473. The molecule has 0 unspecified atom stereocenters. The number of thiocarbonyl (C=S) groups is 1. The fourth-order valence-electron chi connectivity index (χ4n) is 2.11. The maximum Gasteiger partial charge on any atom is 0.269 e. The van der Waals surface area contributed by atoms with Crippen molar-refractivity contribution < 1.29 is 9.72 Å². The minimum atomic E-state index is -1.83. The number of nitro benzene ring substituents is 1. The summed E-state index contributed by atoms with van der Waals surface area (Å²) in [5.41, 5.74) is 0.459. The molecule has 0 bridgehead atoms. The second-order valence-electron chi connectivity index (χ2n) is 5.76. The van der Waals surface area contributed by atoms with Crippen LogP contribution in [0.2, 0.25) is 0 Å². The Morgan fingerprint density at radius 1 is 1.19 bits per heavy atom. The Balaban J connectivity index is 2.61. The highest BCUT2D eigenvalue weighted by Crippen LogP contribution is 2.29. The molecule has 0 aliphatic carbocycles. The number of benzene rings is 1. The smallest absolute Gasteiger partial charge is 0.269 e. The largest absolute Gasteiger partial charge is 0.339 e. The summed E-state index contributed by atoms with van der Waals surface area (Å²) in [5, 5.41) is 18.9. The number of unbranched alkanes of at least 4 members (excludes halogenated alkanes) is 3. The first-order chi connectivity index (χ1) is 12.6. The molecule has 0 saturated carbocycles. The van der Waals surface area contributed by atoms with Crippen molar-refractivity contribution in [2.45, 2.75) is 49.0 Å². The lowest BCUT2D eigenvalue weighted by Gasteiger charge is -2.27. The van der Waals surface area contributed by atoms with Crippen LogP contribution in [0, 0.1) is 10.1 Å². The quantitative estimate of drug-likeness (QED) is 0.125. The third-order valence-electron chi connectivity index (χ3n) is 3.50. The summed E-state index contributed by atoms with van der Waals surface area (Å²) in [4.78, 5) is 22.2. The fraction of sp³-hybridized carbons (Fsp3) is 0.500. The van der Waals surface area contributed by atoms with Gasteiger partial charge in [0.25, 0.3) is 5.69 Å². The van der Waals surface area contributed by atoms with E-state index in [0.717, 1.165) is 25.7 Å². The van der Waals surface area contributed by atoms with Gasteiger partial charge in [0.1, 0.15) is 6.17 Å². The molecule has 0 radical (unpaired) electrons. The van der Waals surface area contributed by atoms with Crippen LogP contribution in [0.1, 0.15) is 39.0 Å². The van der Waals surface area contributed by atoms with E-state index in [2.05, 4.69) is 22.9 Å². The number of hydrogen-bond acceptors (Lipinski definition) is 4. The molecule has 1 rings (SSSR count). The molecule has 0 aliphatic heterocycles. The van der Waals surface area contributed by atoms with Crippen LogP contribution >= 0.6 is 47.0 Å². The average molecular weight is 456 g/mol. The highest BCUT2D eigenvalue weighted by atomic mass is 35.6. The Bertz CT molecular complexity index is 653. The molecule has 1 aromatic rings. The van der Waals surface area contributed by atoms with Gasteiger partial charge in [0, 0.05) is 24.2 Å². The van der Waals surface area contributed by atoms with Gasteiger partial charge in [-0.1, -0.05) is 61.0 Å². The molecule has 0 aliphatic rings. The maximum atomic E-state index is 12.0. The Morgan fingerprint density at radius 3 is 2.33 bits per heavy atom. The third-order valence-corrected chi connectivity index (χ3v) is 4.38. The second-order valence-corrected chi connectivity index (χ2v) is 8.53. The Labute approximate surface area is 178 Å². The van der Waals surface area contributed by atoms with Crippen molar-refractivity contribution in [2.75, 3.05) is 5.32 Å². The van der Waals surface area contributed by atoms with Crippen LogP contribution in [0.3, 0.4) is 0 Å². The summed E-state index contributed by atoms with van der Waals surface area (Å²) in [6.45, 7) is 2.09. The standard InChI is InChI=1S/C16H21Cl3N4O3S/c1-2-3-4-5-6-13(24)21-14(16(17,18)19)22-15(27)20-11-7-9-12(10-8-11)23(25)26/h7-10,14H,2-6H2,1H3,(H,21,24)(H2,20,22,27)/t14-/m1/s1. The lowest BCUT2D eigenvalue weighted by molar-refractivity contribution is -0.384. The zero-order chi connectivity index (χ0) is 20.4. The van der Waals surface area contributed by atoms with Gasteiger partial charge in [-0.05, 0) is 30.8 Å². The van der Waals surface area contributed by atoms with Gasteiger partial charge in [0.2, 0.25) is 9.70 Å². The van der Waals surface area contributed by atoms with Crippen molar-refractivity contribution in [1.82, 2.24) is 10.6 Å². The van der Waals surface area contributed by atoms with Crippen molar-refractivity contribution in [3.05, 3.63) is 34.4 Å². The van der Waals surface area contributed by atoms with E-state index in [1.807, 2.05) is 0 Å². The topological polar surface area (TPSA) is 96.3 Å². The number of nitrogens with one attached hydrogen (secondary N) is 3. The molecule has 0 fully saturated rings. The van der Waals surface area contributed by atoms with Crippen LogP contribution in [0.25, 0.3) is 0 Å². The number of nitrogens with zero attached hydrogens (tertiary/aromatic N) is 1. The normalized spacial score (nSPS) is 12.1. The zero-order valence-electron chi connectivity index (χ0n) is 14.6. The number of amides is 1. The summed E-state index contributed by atoms with van der Waals surface area (Å²) < 4.78 is -1.83. The van der Waals surface area contributed by atoms with Gasteiger partial charge in [0.05, 0.1) is 4.92 Å². The van der Waals surface area contributed by atoms with Gasteiger partial charge in [-0.25, -0.2) is 0 Å². The minimum Gasteiger partial charge on any atom is -0.339 e. The molecule has 150 valence electrons. The van der Waals surface area contributed by atoms with Crippen LogP contribution < -0.4 is 16.0 Å². The van der Waals surface area contributed by atoms with Crippen LogP contribution in [0.4, 0.5) is 11.4 Å². The number of carbonyl (C=O) groups is 1. The van der Waals surface area contributed by atoms with Gasteiger partial charge in [-0.15, -0.1) is 0 Å². The fourth-order valence-corrected chi connectivity index (χ4v) is 2.67. The average Bonchev–Trinajstić information content (AvgIpc) is 2.58. The highest BCUT2D eigenvalue weighted by molar-refractivity contribution is 7.80. The van der Waals surface area contributed by atoms with E-state index >= 15 is 0 Å². The second kappa shape index (κ2) is 11.5. The van der Waals surface area contributed by atoms with Crippen molar-refractivity contribution in [1.29, 1.82) is 0 Å². The lowest BCUT2D eigenvalue weighted by Crippen LogP contribution is -2.56. The lowest BCUT2D eigenvalue weighted by atomic mass is 10.1. The van der Waals surface area contributed by atoms with Crippen LogP contribution in [-0.4, -0.2) is 25.9 Å². The monoisotopic (exact) mass is 454 g/mol. The Morgan fingerprint density at radius 2 is 1.81 bits per heavy atom. The summed E-state index contributed by atoms with van der Waals surface area (Å²) in [6.07, 6.45) is 3.11. The van der Waals surface area contributed by atoms with E-state index in [1.54, 1.807) is 0 Å². The van der Waals surface area contributed by atoms with E-state index in [9.17, 15) is 14.9 Å². The van der Waals surface area contributed by atoms with Crippen molar-refractivity contribution in [3.8, 4) is 0 Å². The summed E-state index contributed by atoms with van der Waals surface area (Å²) in [6, 6.07) is 5.64. The van der Waals surface area contributed by atoms with Crippen LogP contribution in [0.5, 0.6) is 0 Å². The predicted octanol–water partition coefficient (Wildman–Crippen LogP) is 4.66. The molecule has 7 nitrogen and oxygen atoms in total. The number of anilines is 1. The molecule has 0 heterocycles. The SMILES string of the molecule is CCCCCCC(=O)N[C@H](NC(=S)Nc1ccc([N+](=O)[O-])cc1)C(Cl)(Cl)Cl. The number of rotatable bonds is 9. The summed E-state index contributed by atoms with van der Waals surface area (Å²) in [7, 11) is 0. The molecule has 3 N–H and O–H groups in total. The molecule has 11 heteroatoms. The van der Waals surface area contributed by atoms with E-state index in [1.165, 1.54) is 24.3 Å². The van der Waals surface area contributed by atoms with Crippen molar-refractivity contribution in [2.24, 2.45) is 0 Å². The molecular formula is C16H21Cl3N4O3S. The number of carbonyl (C=O) groups excluding carboxylic acids is 1. The maximum absolute atomic E-state index is 12.0. The highest BCUT2D eigenvalue weighted by Gasteiger charge is 2.34. The van der Waals surface area contributed by atoms with Crippen molar-refractivity contribution >= 4 is 69.4 Å². The van der Waals surface area contributed by atoms with E-state index in [-0.39, 0.29) is 16.7 Å². The number of nitro groups is 1. The number of hydrogen-bond donors (Lipinski definition) is 3. The Kier molecular flexibility index (Phi) is 10.1. The third kappa shape index (κ3) is 9.41. The molecule has 1 aromatic carbocycles. The molecule has 0 spiro atoms. The number of non-ortho nitro benzene ring substituents is 1. The predicted molar refractivity (Wildman–Crippen MR) is 113 cm³/mol. The molecular weight excluding hydrogens is 435 g/mol. The van der Waals surface area contributed by atoms with Gasteiger partial charge < -0.3 is 16.0 Å². The van der Waals surface area contributed by atoms with Gasteiger partial charge in [0.15, 0.2) is 5.11 Å². The molecule has 0 aromatic heterocycles. The Hall–Kier alpha value is -1.35. The van der Waals surface area contributed by atoms with Gasteiger partial charge in [-0.2, -0.15) is 0 Å². The van der Waals surface area contributed by atoms with E-state index < -0.39 is 14.9 Å². The summed E-state index contributed by atoms with van der Waals surface area (Å²) in [5.74, 6) is -0.256. The first kappa shape index (κ1) is 23.7. The van der Waals surface area contributed by atoms with E-state index in [4.69, 9.17) is 47.0 Å². The first-order valence-corrected chi connectivity index (χ1v) is 9.85. The number of alkyl halides is 3. The van der Waals surface area contributed by atoms with Gasteiger partial charge >= 0.3 is 0 Å². The van der Waals surface area contributed by atoms with Gasteiger partial charge in [-0.3, -0.25) is 14.9 Å². The summed E-state index contributed by atoms with van der Waals surface area (Å²) >= 11 is 22.9. The molecule has 1 atom stereocenters. The van der Waals surface area contributed by atoms with Crippen molar-refractivity contribution in [3.63, 3.8) is 0 Å². The van der Waals surface area contributed by atoms with Crippen LogP contribution in [0.15, 0.2) is 24.3 Å².